The molecule has 1 saturated heterocycles. The average Bonchev–Trinajstić information content (AvgIpc) is 2.29. The van der Waals surface area contributed by atoms with Gasteiger partial charge in [0, 0.05) is 36.9 Å². The molecule has 1 aromatic rings. The van der Waals surface area contributed by atoms with Gasteiger partial charge in [0.1, 0.15) is 5.84 Å². The second kappa shape index (κ2) is 5.38. The Labute approximate surface area is 106 Å². The van der Waals surface area contributed by atoms with E-state index in [0.717, 1.165) is 31.2 Å². The minimum absolute atomic E-state index is 0.237. The fourth-order valence-electron chi connectivity index (χ4n) is 2.08. The zero-order chi connectivity index (χ0) is 12.3. The zero-order valence-electron chi connectivity index (χ0n) is 9.69. The monoisotopic (exact) mass is 252 g/mol. The van der Waals surface area contributed by atoms with Gasteiger partial charge in [0.25, 0.3) is 0 Å². The van der Waals surface area contributed by atoms with Crippen molar-refractivity contribution in [2.45, 2.75) is 0 Å². The maximum atomic E-state index is 7.28. The molecule has 5 heteroatoms. The number of hydrogen-bond acceptors (Lipinski definition) is 3. The summed E-state index contributed by atoms with van der Waals surface area (Å²) >= 11 is 5.98. The van der Waals surface area contributed by atoms with Crippen molar-refractivity contribution in [2.24, 2.45) is 5.73 Å². The third-order valence-electron chi connectivity index (χ3n) is 2.94. The molecular formula is C12H17ClN4. The molecule has 0 aliphatic carbocycles. The summed E-state index contributed by atoms with van der Waals surface area (Å²) in [5.74, 6) is 0.237. The first kappa shape index (κ1) is 12.2. The average molecular weight is 253 g/mol. The van der Waals surface area contributed by atoms with Crippen LogP contribution in [-0.2, 0) is 0 Å². The number of piperazine rings is 1. The summed E-state index contributed by atoms with van der Waals surface area (Å²) < 4.78 is 0. The van der Waals surface area contributed by atoms with Crippen LogP contribution < -0.4 is 10.6 Å². The van der Waals surface area contributed by atoms with Gasteiger partial charge in [0.15, 0.2) is 0 Å². The number of halogens is 1. The molecule has 92 valence electrons. The van der Waals surface area contributed by atoms with Gasteiger partial charge in [-0.2, -0.15) is 0 Å². The summed E-state index contributed by atoms with van der Waals surface area (Å²) in [5.41, 5.74) is 6.57. The number of nitrogens with one attached hydrogen (secondary N) is 1. The number of nitrogens with two attached hydrogens (primary N) is 1. The lowest BCUT2D eigenvalue weighted by Crippen LogP contribution is -2.48. The fraction of sp³-hybridized carbons (Fsp3) is 0.417. The molecule has 3 N–H and O–H groups in total. The lowest BCUT2D eigenvalue weighted by molar-refractivity contribution is 0.291. The highest BCUT2D eigenvalue weighted by Crippen LogP contribution is 2.20. The number of hydrogen-bond donors (Lipinski definition) is 2. The van der Waals surface area contributed by atoms with Crippen LogP contribution in [0.25, 0.3) is 0 Å². The fourth-order valence-corrected chi connectivity index (χ4v) is 2.26. The molecule has 0 aromatic heterocycles. The van der Waals surface area contributed by atoms with Gasteiger partial charge in [0.2, 0.25) is 0 Å². The Morgan fingerprint density at radius 1 is 1.29 bits per heavy atom. The van der Waals surface area contributed by atoms with Gasteiger partial charge in [0.05, 0.1) is 6.54 Å². The number of amidine groups is 1. The Hall–Kier alpha value is -1.26. The molecule has 1 aromatic carbocycles. The van der Waals surface area contributed by atoms with E-state index in [1.807, 2.05) is 18.2 Å². The molecule has 0 spiro atoms. The summed E-state index contributed by atoms with van der Waals surface area (Å²) in [4.78, 5) is 4.51. The minimum atomic E-state index is 0.237. The van der Waals surface area contributed by atoms with Gasteiger partial charge in [-0.15, -0.1) is 0 Å². The highest BCUT2D eigenvalue weighted by atomic mass is 35.5. The Balaban J connectivity index is 1.93. The van der Waals surface area contributed by atoms with Crippen LogP contribution in [0.1, 0.15) is 0 Å². The topological polar surface area (TPSA) is 56.4 Å². The molecule has 0 saturated carbocycles. The smallest absolute Gasteiger partial charge is 0.105 e. The van der Waals surface area contributed by atoms with Crippen molar-refractivity contribution in [3.8, 4) is 0 Å². The third-order valence-corrected chi connectivity index (χ3v) is 3.17. The number of rotatable bonds is 3. The standard InChI is InChI=1S/C12H17ClN4/c13-10-2-1-3-11(8-10)17-6-4-16(5-7-17)9-12(14)15/h1-3,8H,4-7,9H2,(H3,14,15). The van der Waals surface area contributed by atoms with Crippen molar-refractivity contribution in [1.29, 1.82) is 5.41 Å². The van der Waals surface area contributed by atoms with E-state index < -0.39 is 0 Å². The maximum Gasteiger partial charge on any atom is 0.105 e. The second-order valence-corrected chi connectivity index (χ2v) is 4.70. The molecule has 1 fully saturated rings. The van der Waals surface area contributed by atoms with Gasteiger partial charge in [-0.05, 0) is 18.2 Å². The molecule has 4 nitrogen and oxygen atoms in total. The highest BCUT2D eigenvalue weighted by molar-refractivity contribution is 6.30. The molecule has 17 heavy (non-hydrogen) atoms. The van der Waals surface area contributed by atoms with Crippen LogP contribution >= 0.6 is 11.6 Å². The van der Waals surface area contributed by atoms with Crippen molar-refractivity contribution in [1.82, 2.24) is 4.90 Å². The van der Waals surface area contributed by atoms with E-state index in [9.17, 15) is 0 Å². The largest absolute Gasteiger partial charge is 0.387 e. The van der Waals surface area contributed by atoms with Crippen LogP contribution in [0, 0.1) is 5.41 Å². The Kier molecular flexibility index (Phi) is 3.86. The Morgan fingerprint density at radius 3 is 2.59 bits per heavy atom. The molecular weight excluding hydrogens is 236 g/mol. The molecule has 0 amide bonds. The predicted octanol–water partition coefficient (Wildman–Crippen LogP) is 1.40. The van der Waals surface area contributed by atoms with E-state index in [2.05, 4.69) is 15.9 Å². The molecule has 1 heterocycles. The van der Waals surface area contributed by atoms with Crippen LogP contribution in [0.3, 0.4) is 0 Å². The quantitative estimate of drug-likeness (QED) is 0.632. The van der Waals surface area contributed by atoms with Crippen LogP contribution in [0.5, 0.6) is 0 Å². The van der Waals surface area contributed by atoms with Crippen molar-refractivity contribution >= 4 is 23.1 Å². The second-order valence-electron chi connectivity index (χ2n) is 4.27. The Bertz CT molecular complexity index is 399. The molecule has 2 rings (SSSR count). The van der Waals surface area contributed by atoms with Gasteiger partial charge < -0.3 is 10.6 Å². The molecule has 0 radical (unpaired) electrons. The van der Waals surface area contributed by atoms with E-state index in [0.29, 0.717) is 6.54 Å². The van der Waals surface area contributed by atoms with Gasteiger partial charge in [-0.25, -0.2) is 0 Å². The lowest BCUT2D eigenvalue weighted by atomic mass is 10.2. The maximum absolute atomic E-state index is 7.28. The summed E-state index contributed by atoms with van der Waals surface area (Å²) in [6, 6.07) is 7.92. The minimum Gasteiger partial charge on any atom is -0.387 e. The first-order valence-electron chi connectivity index (χ1n) is 5.71. The van der Waals surface area contributed by atoms with E-state index in [1.54, 1.807) is 0 Å². The van der Waals surface area contributed by atoms with Gasteiger partial charge in [-0.3, -0.25) is 10.3 Å². The van der Waals surface area contributed by atoms with Gasteiger partial charge in [-0.1, -0.05) is 17.7 Å². The zero-order valence-corrected chi connectivity index (χ0v) is 10.5. The summed E-state index contributed by atoms with van der Waals surface area (Å²) in [6.07, 6.45) is 0. The highest BCUT2D eigenvalue weighted by Gasteiger charge is 2.17. The third kappa shape index (κ3) is 3.35. The van der Waals surface area contributed by atoms with Crippen LogP contribution in [0.4, 0.5) is 5.69 Å². The van der Waals surface area contributed by atoms with E-state index in [4.69, 9.17) is 22.7 Å². The number of nitrogens with zero attached hydrogens (tertiary/aromatic N) is 2. The van der Waals surface area contributed by atoms with Crippen molar-refractivity contribution in [3.05, 3.63) is 29.3 Å². The molecule has 0 unspecified atom stereocenters. The molecule has 1 aliphatic heterocycles. The number of anilines is 1. The van der Waals surface area contributed by atoms with E-state index in [1.165, 1.54) is 5.69 Å². The van der Waals surface area contributed by atoms with Crippen molar-refractivity contribution < 1.29 is 0 Å². The predicted molar refractivity (Wildman–Crippen MR) is 72.0 cm³/mol. The lowest BCUT2D eigenvalue weighted by Gasteiger charge is -2.35. The summed E-state index contributed by atoms with van der Waals surface area (Å²) in [5, 5.41) is 8.05. The van der Waals surface area contributed by atoms with Gasteiger partial charge >= 0.3 is 0 Å². The first-order valence-corrected chi connectivity index (χ1v) is 6.09. The summed E-state index contributed by atoms with van der Waals surface area (Å²) in [6.45, 7) is 4.35. The summed E-state index contributed by atoms with van der Waals surface area (Å²) in [7, 11) is 0. The Morgan fingerprint density at radius 2 is 2.00 bits per heavy atom. The van der Waals surface area contributed by atoms with Crippen LogP contribution in [0.15, 0.2) is 24.3 Å². The number of benzene rings is 1. The molecule has 0 bridgehead atoms. The van der Waals surface area contributed by atoms with Crippen LogP contribution in [-0.4, -0.2) is 43.5 Å². The van der Waals surface area contributed by atoms with Crippen LogP contribution in [0.2, 0.25) is 5.02 Å². The molecule has 1 aliphatic rings. The van der Waals surface area contributed by atoms with Crippen molar-refractivity contribution in [2.75, 3.05) is 37.6 Å². The molecule has 0 atom stereocenters. The first-order chi connectivity index (χ1) is 8.15. The van der Waals surface area contributed by atoms with E-state index in [-0.39, 0.29) is 5.84 Å². The van der Waals surface area contributed by atoms with E-state index >= 15 is 0 Å². The normalized spacial score (nSPS) is 17.1. The van der Waals surface area contributed by atoms with Crippen molar-refractivity contribution in [3.63, 3.8) is 0 Å². The SMILES string of the molecule is N=C(N)CN1CCN(c2cccc(Cl)c2)CC1.